The fraction of sp³-hybridized carbons (Fsp3) is 0.364. The first-order valence-electron chi connectivity index (χ1n) is 10.1. The molecule has 0 saturated carbocycles. The van der Waals surface area contributed by atoms with E-state index in [1.807, 2.05) is 42.5 Å². The predicted molar refractivity (Wildman–Crippen MR) is 116 cm³/mol. The Morgan fingerprint density at radius 3 is 2.45 bits per heavy atom. The van der Waals surface area contributed by atoms with Gasteiger partial charge in [-0.1, -0.05) is 17.7 Å². The maximum atomic E-state index is 12.4. The first kappa shape index (κ1) is 19.7. The van der Waals surface area contributed by atoms with Crippen LogP contribution in [0.5, 0.6) is 0 Å². The Morgan fingerprint density at radius 1 is 1.03 bits per heavy atom. The molecule has 0 aromatic heterocycles. The summed E-state index contributed by atoms with van der Waals surface area (Å²) in [6.07, 6.45) is 1.52. The van der Waals surface area contributed by atoms with Crippen LogP contribution in [0.15, 0.2) is 48.5 Å². The summed E-state index contributed by atoms with van der Waals surface area (Å²) in [5.41, 5.74) is 2.80. The quantitative estimate of drug-likeness (QED) is 0.786. The number of rotatable bonds is 5. The minimum absolute atomic E-state index is 0.0150. The molecule has 0 atom stereocenters. The van der Waals surface area contributed by atoms with Gasteiger partial charge in [-0.25, -0.2) is 0 Å². The third kappa shape index (κ3) is 4.89. The lowest BCUT2D eigenvalue weighted by molar-refractivity contribution is -0.892. The van der Waals surface area contributed by atoms with Crippen LogP contribution in [-0.2, 0) is 9.59 Å². The maximum absolute atomic E-state index is 12.4. The molecule has 2 heterocycles. The van der Waals surface area contributed by atoms with E-state index >= 15 is 0 Å². The van der Waals surface area contributed by atoms with Crippen molar-refractivity contribution in [3.63, 3.8) is 0 Å². The average Bonchev–Trinajstić information content (AvgIpc) is 3.15. The largest absolute Gasteiger partial charge is 0.360 e. The van der Waals surface area contributed by atoms with E-state index in [-0.39, 0.29) is 11.8 Å². The number of benzene rings is 2. The van der Waals surface area contributed by atoms with Crippen molar-refractivity contribution in [1.82, 2.24) is 0 Å². The van der Waals surface area contributed by atoms with E-state index in [0.29, 0.717) is 13.0 Å². The van der Waals surface area contributed by atoms with E-state index in [9.17, 15) is 9.59 Å². The van der Waals surface area contributed by atoms with Gasteiger partial charge in [-0.2, -0.15) is 0 Å². The molecule has 0 spiro atoms. The van der Waals surface area contributed by atoms with Crippen molar-refractivity contribution in [2.45, 2.75) is 12.8 Å². The molecular weight excluding hydrogens is 388 g/mol. The molecule has 6 nitrogen and oxygen atoms in total. The molecule has 0 aliphatic carbocycles. The molecule has 2 aliphatic rings. The molecule has 0 radical (unpaired) electrons. The van der Waals surface area contributed by atoms with E-state index in [1.165, 1.54) is 4.90 Å². The van der Waals surface area contributed by atoms with Crippen LogP contribution < -0.4 is 20.0 Å². The number of hydrogen-bond donors (Lipinski definition) is 2. The minimum Gasteiger partial charge on any atom is -0.360 e. The highest BCUT2D eigenvalue weighted by atomic mass is 35.5. The zero-order valence-electron chi connectivity index (χ0n) is 16.4. The standard InChI is InChI=1S/C22H25ClN4O2/c23-17-3-1-4-20(15-17)26-13-11-25(12-14-26)16-21(28)24-18-6-8-19(9-7-18)27-10-2-5-22(27)29/h1,3-4,6-9,15H,2,5,10-14,16H2,(H,24,28)/p+1. The zero-order chi connectivity index (χ0) is 20.2. The number of carbonyl (C=O) groups excluding carboxylic acids is 2. The van der Waals surface area contributed by atoms with Gasteiger partial charge in [-0.3, -0.25) is 9.59 Å². The lowest BCUT2D eigenvalue weighted by Crippen LogP contribution is -3.15. The van der Waals surface area contributed by atoms with E-state index in [0.717, 1.165) is 61.2 Å². The summed E-state index contributed by atoms with van der Waals surface area (Å²) in [5.74, 6) is 0.184. The highest BCUT2D eigenvalue weighted by Crippen LogP contribution is 2.23. The van der Waals surface area contributed by atoms with Crippen LogP contribution in [-0.4, -0.2) is 51.1 Å². The Labute approximate surface area is 176 Å². The summed E-state index contributed by atoms with van der Waals surface area (Å²) < 4.78 is 0. The molecule has 152 valence electrons. The Hall–Kier alpha value is -2.57. The fourth-order valence-electron chi connectivity index (χ4n) is 4.01. The van der Waals surface area contributed by atoms with Gasteiger partial charge in [0.2, 0.25) is 5.91 Å². The molecule has 29 heavy (non-hydrogen) atoms. The van der Waals surface area contributed by atoms with Gasteiger partial charge in [-0.05, 0) is 48.9 Å². The first-order valence-corrected chi connectivity index (χ1v) is 10.5. The summed E-state index contributed by atoms with van der Waals surface area (Å²) >= 11 is 6.09. The van der Waals surface area contributed by atoms with Gasteiger partial charge < -0.3 is 20.0 Å². The Balaban J connectivity index is 1.25. The number of amides is 2. The van der Waals surface area contributed by atoms with Gasteiger partial charge in [-0.15, -0.1) is 0 Å². The van der Waals surface area contributed by atoms with Crippen LogP contribution in [0.3, 0.4) is 0 Å². The molecule has 7 heteroatoms. The summed E-state index contributed by atoms with van der Waals surface area (Å²) in [7, 11) is 0. The van der Waals surface area contributed by atoms with Crippen molar-refractivity contribution in [3.8, 4) is 0 Å². The second-order valence-electron chi connectivity index (χ2n) is 7.64. The topological polar surface area (TPSA) is 57.1 Å². The maximum Gasteiger partial charge on any atom is 0.279 e. The molecule has 0 unspecified atom stereocenters. The second-order valence-corrected chi connectivity index (χ2v) is 8.07. The number of quaternary nitrogens is 1. The zero-order valence-corrected chi connectivity index (χ0v) is 17.1. The number of hydrogen-bond acceptors (Lipinski definition) is 3. The van der Waals surface area contributed by atoms with Gasteiger partial charge in [0, 0.05) is 35.1 Å². The third-order valence-corrected chi connectivity index (χ3v) is 5.83. The van der Waals surface area contributed by atoms with Gasteiger partial charge in [0.25, 0.3) is 5.91 Å². The smallest absolute Gasteiger partial charge is 0.279 e. The van der Waals surface area contributed by atoms with Crippen molar-refractivity contribution in [1.29, 1.82) is 0 Å². The third-order valence-electron chi connectivity index (χ3n) is 5.59. The fourth-order valence-corrected chi connectivity index (χ4v) is 4.19. The molecule has 2 aromatic rings. The number of piperazine rings is 1. The number of anilines is 3. The Morgan fingerprint density at radius 2 is 1.79 bits per heavy atom. The molecule has 0 bridgehead atoms. The van der Waals surface area contributed by atoms with Crippen molar-refractivity contribution in [2.24, 2.45) is 0 Å². The number of nitrogens with zero attached hydrogens (tertiary/aromatic N) is 2. The van der Waals surface area contributed by atoms with E-state index in [1.54, 1.807) is 4.90 Å². The Kier molecular flexibility index (Phi) is 6.02. The molecule has 2 aromatic carbocycles. The van der Waals surface area contributed by atoms with Gasteiger partial charge in [0.15, 0.2) is 6.54 Å². The number of halogens is 1. The van der Waals surface area contributed by atoms with Gasteiger partial charge in [0.05, 0.1) is 26.2 Å². The van der Waals surface area contributed by atoms with E-state index in [2.05, 4.69) is 16.3 Å². The van der Waals surface area contributed by atoms with Crippen LogP contribution in [0.25, 0.3) is 0 Å². The Bertz CT molecular complexity index is 879. The lowest BCUT2D eigenvalue weighted by Gasteiger charge is -2.33. The number of carbonyl (C=O) groups is 2. The summed E-state index contributed by atoms with van der Waals surface area (Å²) in [5, 5.41) is 3.72. The van der Waals surface area contributed by atoms with Crippen LogP contribution >= 0.6 is 11.6 Å². The molecule has 2 fully saturated rings. The average molecular weight is 414 g/mol. The van der Waals surface area contributed by atoms with Crippen LogP contribution in [0.4, 0.5) is 17.1 Å². The molecule has 4 rings (SSSR count). The van der Waals surface area contributed by atoms with Crippen molar-refractivity contribution in [3.05, 3.63) is 53.6 Å². The van der Waals surface area contributed by atoms with Crippen molar-refractivity contribution in [2.75, 3.05) is 54.4 Å². The summed E-state index contributed by atoms with van der Waals surface area (Å²) in [6, 6.07) is 15.4. The molecule has 2 N–H and O–H groups in total. The minimum atomic E-state index is 0.0150. The van der Waals surface area contributed by atoms with E-state index in [4.69, 9.17) is 11.6 Å². The highest BCUT2D eigenvalue weighted by Gasteiger charge is 2.23. The second kappa shape index (κ2) is 8.84. The molecule has 2 amide bonds. The summed E-state index contributed by atoms with van der Waals surface area (Å²) in [6.45, 7) is 4.86. The molecule has 2 saturated heterocycles. The molecular formula is C22H26ClN4O2+. The van der Waals surface area contributed by atoms with Crippen LogP contribution in [0, 0.1) is 0 Å². The van der Waals surface area contributed by atoms with E-state index < -0.39 is 0 Å². The molecule has 2 aliphatic heterocycles. The SMILES string of the molecule is O=C(C[NH+]1CCN(c2cccc(Cl)c2)CC1)Nc1ccc(N2CCCC2=O)cc1. The lowest BCUT2D eigenvalue weighted by atomic mass is 10.2. The van der Waals surface area contributed by atoms with Crippen LogP contribution in [0.2, 0.25) is 5.02 Å². The normalized spacial score (nSPS) is 17.6. The predicted octanol–water partition coefficient (Wildman–Crippen LogP) is 1.81. The highest BCUT2D eigenvalue weighted by molar-refractivity contribution is 6.30. The first-order chi connectivity index (χ1) is 14.1. The monoisotopic (exact) mass is 413 g/mol. The van der Waals surface area contributed by atoms with Crippen LogP contribution in [0.1, 0.15) is 12.8 Å². The number of nitrogens with one attached hydrogen (secondary N) is 2. The van der Waals surface area contributed by atoms with Gasteiger partial charge in [0.1, 0.15) is 0 Å². The summed E-state index contributed by atoms with van der Waals surface area (Å²) in [4.78, 5) is 29.7. The van der Waals surface area contributed by atoms with Crippen molar-refractivity contribution >= 4 is 40.5 Å². The van der Waals surface area contributed by atoms with Crippen molar-refractivity contribution < 1.29 is 14.5 Å². The van der Waals surface area contributed by atoms with Gasteiger partial charge >= 0.3 is 0 Å².